The van der Waals surface area contributed by atoms with E-state index in [4.69, 9.17) is 4.74 Å². The molecule has 2 aromatic rings. The lowest BCUT2D eigenvalue weighted by molar-refractivity contribution is 0.0954. The Morgan fingerprint density at radius 3 is 2.41 bits per heavy atom. The van der Waals surface area contributed by atoms with Gasteiger partial charge in [0.1, 0.15) is 5.75 Å². The summed E-state index contributed by atoms with van der Waals surface area (Å²) in [5.74, 6) is 1.55. The van der Waals surface area contributed by atoms with E-state index in [0.717, 1.165) is 31.2 Å². The summed E-state index contributed by atoms with van der Waals surface area (Å²) in [6.07, 6.45) is 6.03. The maximum absolute atomic E-state index is 12.3. The van der Waals surface area contributed by atoms with Crippen LogP contribution in [0.15, 0.2) is 48.5 Å². The van der Waals surface area contributed by atoms with Crippen LogP contribution in [0.25, 0.3) is 0 Å². The van der Waals surface area contributed by atoms with Crippen molar-refractivity contribution in [3.8, 4) is 5.75 Å². The highest BCUT2D eigenvalue weighted by atomic mass is 16.5. The van der Waals surface area contributed by atoms with Gasteiger partial charge in [-0.05, 0) is 86.9 Å². The number of ether oxygens (including phenoxy) is 1. The van der Waals surface area contributed by atoms with Crippen LogP contribution < -0.4 is 10.1 Å². The first-order valence-electron chi connectivity index (χ1n) is 11.0. The van der Waals surface area contributed by atoms with E-state index in [-0.39, 0.29) is 5.91 Å². The van der Waals surface area contributed by atoms with Gasteiger partial charge < -0.3 is 10.1 Å². The lowest BCUT2D eigenvalue weighted by Gasteiger charge is -2.21. The Bertz CT molecular complexity index is 797. The largest absolute Gasteiger partial charge is 0.493 e. The summed E-state index contributed by atoms with van der Waals surface area (Å²) in [6, 6.07) is 17.0. The van der Waals surface area contributed by atoms with Crippen LogP contribution in [-0.2, 0) is 13.0 Å². The van der Waals surface area contributed by atoms with Crippen molar-refractivity contribution < 1.29 is 9.53 Å². The second kappa shape index (κ2) is 9.45. The summed E-state index contributed by atoms with van der Waals surface area (Å²) >= 11 is 0. The van der Waals surface area contributed by atoms with Gasteiger partial charge in [-0.15, -0.1) is 0 Å². The molecular weight excluding hydrogens is 360 g/mol. The van der Waals surface area contributed by atoms with Crippen LogP contribution in [0.2, 0.25) is 0 Å². The first-order valence-corrected chi connectivity index (χ1v) is 11.0. The number of nitrogens with zero attached hydrogens (tertiary/aromatic N) is 1. The Balaban J connectivity index is 1.19. The molecule has 1 aliphatic carbocycles. The van der Waals surface area contributed by atoms with Crippen LogP contribution in [0.5, 0.6) is 5.75 Å². The Kier molecular flexibility index (Phi) is 6.50. The minimum atomic E-state index is -0.0293. The van der Waals surface area contributed by atoms with E-state index in [0.29, 0.717) is 18.2 Å². The number of amides is 1. The molecule has 4 nitrogen and oxygen atoms in total. The third-order valence-corrected chi connectivity index (χ3v) is 6.10. The third kappa shape index (κ3) is 5.83. The van der Waals surface area contributed by atoms with E-state index in [9.17, 15) is 4.79 Å². The zero-order valence-electron chi connectivity index (χ0n) is 17.4. The van der Waals surface area contributed by atoms with Crippen LogP contribution in [-0.4, -0.2) is 36.5 Å². The van der Waals surface area contributed by atoms with Crippen LogP contribution in [0.1, 0.15) is 54.1 Å². The molecule has 0 bridgehead atoms. The molecule has 2 aromatic carbocycles. The minimum Gasteiger partial charge on any atom is -0.493 e. The summed E-state index contributed by atoms with van der Waals surface area (Å²) in [6.45, 7) is 6.00. The highest BCUT2D eigenvalue weighted by Crippen LogP contribution is 2.29. The molecule has 154 valence electrons. The molecule has 2 fully saturated rings. The number of nitrogens with one attached hydrogen (secondary N) is 1. The van der Waals surface area contributed by atoms with Gasteiger partial charge in [0.2, 0.25) is 0 Å². The molecule has 1 heterocycles. The van der Waals surface area contributed by atoms with Gasteiger partial charge in [0, 0.05) is 24.7 Å². The van der Waals surface area contributed by atoms with Crippen LogP contribution in [0, 0.1) is 5.92 Å². The van der Waals surface area contributed by atoms with Crippen molar-refractivity contribution in [2.45, 2.75) is 51.6 Å². The summed E-state index contributed by atoms with van der Waals surface area (Å²) in [4.78, 5) is 14.9. The van der Waals surface area contributed by atoms with Gasteiger partial charge in [0.05, 0.1) is 6.61 Å². The second-order valence-corrected chi connectivity index (χ2v) is 8.56. The van der Waals surface area contributed by atoms with E-state index in [2.05, 4.69) is 41.4 Å². The molecule has 2 aliphatic rings. The number of rotatable bonds is 9. The maximum Gasteiger partial charge on any atom is 0.251 e. The van der Waals surface area contributed by atoms with Gasteiger partial charge >= 0.3 is 0 Å². The van der Waals surface area contributed by atoms with Crippen molar-refractivity contribution in [1.82, 2.24) is 10.2 Å². The predicted molar refractivity (Wildman–Crippen MR) is 116 cm³/mol. The number of likely N-dealkylation sites (tertiary alicyclic amines) is 1. The molecular formula is C25H32N2O2. The molecule has 29 heavy (non-hydrogen) atoms. The van der Waals surface area contributed by atoms with Crippen molar-refractivity contribution in [3.05, 3.63) is 65.2 Å². The van der Waals surface area contributed by atoms with Gasteiger partial charge in [0.25, 0.3) is 5.91 Å². The van der Waals surface area contributed by atoms with E-state index in [1.54, 1.807) is 0 Å². The standard InChI is InChI=1S/C25H32N2O2/c1-19-3-2-16-27(19)17-21-6-4-20(5-7-21)14-15-26-25(28)23-10-12-24(13-11-23)29-18-22-8-9-22/h4-7,10-13,19,22H,2-3,8-9,14-18H2,1H3,(H,26,28). The van der Waals surface area contributed by atoms with Gasteiger partial charge in [-0.1, -0.05) is 24.3 Å². The second-order valence-electron chi connectivity index (χ2n) is 8.56. The Morgan fingerprint density at radius 1 is 1.03 bits per heavy atom. The normalized spacial score (nSPS) is 19.3. The molecule has 1 saturated carbocycles. The van der Waals surface area contributed by atoms with Crippen LogP contribution in [0.3, 0.4) is 0 Å². The summed E-state index contributed by atoms with van der Waals surface area (Å²) < 4.78 is 5.73. The minimum absolute atomic E-state index is 0.0293. The van der Waals surface area contributed by atoms with E-state index in [1.807, 2.05) is 24.3 Å². The molecule has 1 amide bonds. The fraction of sp³-hybridized carbons (Fsp3) is 0.480. The molecule has 0 aromatic heterocycles. The van der Waals surface area contributed by atoms with Crippen LogP contribution in [0.4, 0.5) is 0 Å². The first-order chi connectivity index (χ1) is 14.2. The number of hydrogen-bond donors (Lipinski definition) is 1. The van der Waals surface area contributed by atoms with Crippen molar-refractivity contribution >= 4 is 5.91 Å². The zero-order valence-corrected chi connectivity index (χ0v) is 17.4. The predicted octanol–water partition coefficient (Wildman–Crippen LogP) is 4.43. The average molecular weight is 393 g/mol. The maximum atomic E-state index is 12.3. The molecule has 1 saturated heterocycles. The Labute approximate surface area is 174 Å². The molecule has 1 aliphatic heterocycles. The molecule has 0 radical (unpaired) electrons. The topological polar surface area (TPSA) is 41.6 Å². The van der Waals surface area contributed by atoms with Gasteiger partial charge in [-0.3, -0.25) is 9.69 Å². The van der Waals surface area contributed by atoms with E-state index in [1.165, 1.54) is 43.4 Å². The Morgan fingerprint density at radius 2 is 1.76 bits per heavy atom. The smallest absolute Gasteiger partial charge is 0.251 e. The number of hydrogen-bond acceptors (Lipinski definition) is 3. The van der Waals surface area contributed by atoms with Gasteiger partial charge in [-0.25, -0.2) is 0 Å². The lowest BCUT2D eigenvalue weighted by Crippen LogP contribution is -2.26. The average Bonchev–Trinajstić information content (AvgIpc) is 3.49. The summed E-state index contributed by atoms with van der Waals surface area (Å²) in [7, 11) is 0. The number of carbonyl (C=O) groups is 1. The van der Waals surface area contributed by atoms with Crippen LogP contribution >= 0.6 is 0 Å². The van der Waals surface area contributed by atoms with E-state index < -0.39 is 0 Å². The highest BCUT2D eigenvalue weighted by molar-refractivity contribution is 5.94. The molecule has 1 N–H and O–H groups in total. The monoisotopic (exact) mass is 392 g/mol. The van der Waals surface area contributed by atoms with Crippen molar-refractivity contribution in [2.24, 2.45) is 5.92 Å². The fourth-order valence-electron chi connectivity index (χ4n) is 3.90. The SMILES string of the molecule is CC1CCCN1Cc1ccc(CCNC(=O)c2ccc(OCC3CC3)cc2)cc1. The highest BCUT2D eigenvalue weighted by Gasteiger charge is 2.22. The van der Waals surface area contributed by atoms with Crippen molar-refractivity contribution in [3.63, 3.8) is 0 Å². The van der Waals surface area contributed by atoms with Gasteiger partial charge in [0.15, 0.2) is 0 Å². The fourth-order valence-corrected chi connectivity index (χ4v) is 3.90. The molecule has 0 spiro atoms. The first kappa shape index (κ1) is 20.0. The molecule has 4 rings (SSSR count). The summed E-state index contributed by atoms with van der Waals surface area (Å²) in [5.41, 5.74) is 3.31. The lowest BCUT2D eigenvalue weighted by atomic mass is 10.1. The Hall–Kier alpha value is -2.33. The summed E-state index contributed by atoms with van der Waals surface area (Å²) in [5, 5.41) is 3.02. The van der Waals surface area contributed by atoms with Crippen molar-refractivity contribution in [2.75, 3.05) is 19.7 Å². The molecule has 1 atom stereocenters. The van der Waals surface area contributed by atoms with Crippen molar-refractivity contribution in [1.29, 1.82) is 0 Å². The quantitative estimate of drug-likeness (QED) is 0.686. The third-order valence-electron chi connectivity index (χ3n) is 6.10. The number of benzene rings is 2. The van der Waals surface area contributed by atoms with E-state index >= 15 is 0 Å². The van der Waals surface area contributed by atoms with Gasteiger partial charge in [-0.2, -0.15) is 0 Å². The number of carbonyl (C=O) groups excluding carboxylic acids is 1. The molecule has 4 heteroatoms. The zero-order chi connectivity index (χ0) is 20.1. The molecule has 1 unspecified atom stereocenters.